The van der Waals surface area contributed by atoms with E-state index >= 15 is 0 Å². The fourth-order valence-electron chi connectivity index (χ4n) is 4.60. The van der Waals surface area contributed by atoms with Gasteiger partial charge >= 0.3 is 0 Å². The third kappa shape index (κ3) is 5.44. The monoisotopic (exact) mass is 469 g/mol. The summed E-state index contributed by atoms with van der Waals surface area (Å²) in [5.74, 6) is -0.540. The molecule has 4 N–H and O–H groups in total. The number of Topliss-reactive ketones (excluding diaryl/α,β-unsaturated/α-hetero) is 1. The number of nitrogens with two attached hydrogens (primary N) is 1. The number of aromatic nitrogens is 1. The maximum absolute atomic E-state index is 13.5. The summed E-state index contributed by atoms with van der Waals surface area (Å²) < 4.78 is 0. The Kier molecular flexibility index (Phi) is 7.32. The van der Waals surface area contributed by atoms with E-state index in [4.69, 9.17) is 5.73 Å². The van der Waals surface area contributed by atoms with Crippen molar-refractivity contribution >= 4 is 28.3 Å². The Balaban J connectivity index is 1.61. The van der Waals surface area contributed by atoms with Crippen molar-refractivity contribution in [2.24, 2.45) is 11.7 Å². The second-order valence-electron chi connectivity index (χ2n) is 9.04. The minimum absolute atomic E-state index is 0.0492. The Morgan fingerprint density at radius 3 is 2.29 bits per heavy atom. The molecule has 4 rings (SSSR count). The van der Waals surface area contributed by atoms with E-state index in [1.54, 1.807) is 24.1 Å². The van der Waals surface area contributed by atoms with Crippen LogP contribution in [0.2, 0.25) is 0 Å². The van der Waals surface area contributed by atoms with Gasteiger partial charge in [-0.2, -0.15) is 0 Å². The van der Waals surface area contributed by atoms with E-state index < -0.39 is 5.92 Å². The summed E-state index contributed by atoms with van der Waals surface area (Å²) in [4.78, 5) is 31.7. The zero-order valence-electron chi connectivity index (χ0n) is 20.1. The van der Waals surface area contributed by atoms with E-state index in [0.717, 1.165) is 27.9 Å². The first kappa shape index (κ1) is 24.2. The lowest BCUT2D eigenvalue weighted by molar-refractivity contribution is -0.127. The molecule has 1 heterocycles. The van der Waals surface area contributed by atoms with E-state index in [9.17, 15) is 14.7 Å². The summed E-state index contributed by atoms with van der Waals surface area (Å²) in [6.07, 6.45) is 0.708. The van der Waals surface area contributed by atoms with Crippen LogP contribution in [0.3, 0.4) is 0 Å². The van der Waals surface area contributed by atoms with Gasteiger partial charge in [-0.1, -0.05) is 60.7 Å². The van der Waals surface area contributed by atoms with Gasteiger partial charge in [0, 0.05) is 48.6 Å². The molecule has 1 amide bonds. The van der Waals surface area contributed by atoms with Crippen molar-refractivity contribution in [1.29, 1.82) is 0 Å². The van der Waals surface area contributed by atoms with Gasteiger partial charge in [0.05, 0.1) is 5.52 Å². The van der Waals surface area contributed by atoms with Gasteiger partial charge in [-0.25, -0.2) is 0 Å². The number of nitrogens with one attached hydrogen (secondary N) is 1. The maximum Gasteiger partial charge on any atom is 0.230 e. The van der Waals surface area contributed by atoms with Gasteiger partial charge in [0.2, 0.25) is 5.91 Å². The molecule has 0 aliphatic rings. The maximum atomic E-state index is 13.5. The number of hydrogen-bond donors (Lipinski definition) is 3. The molecule has 6 heteroatoms. The van der Waals surface area contributed by atoms with Crippen LogP contribution >= 0.6 is 0 Å². The first-order chi connectivity index (χ1) is 16.8. The molecule has 3 aromatic carbocycles. The van der Waals surface area contributed by atoms with Crippen LogP contribution in [0.25, 0.3) is 10.9 Å². The average Bonchev–Trinajstić information content (AvgIpc) is 3.23. The molecule has 0 aliphatic heterocycles. The molecule has 0 bridgehead atoms. The van der Waals surface area contributed by atoms with Crippen molar-refractivity contribution in [3.8, 4) is 5.75 Å². The summed E-state index contributed by atoms with van der Waals surface area (Å²) in [6, 6.07) is 24.1. The van der Waals surface area contributed by atoms with Crippen LogP contribution < -0.4 is 10.6 Å². The second-order valence-corrected chi connectivity index (χ2v) is 9.04. The molecule has 0 spiro atoms. The highest BCUT2D eigenvalue weighted by molar-refractivity contribution is 5.99. The number of phenolic OH excluding ortho intramolecular Hbond substituents is 1. The number of rotatable bonds is 9. The van der Waals surface area contributed by atoms with Crippen LogP contribution in [0.15, 0.2) is 78.9 Å². The van der Waals surface area contributed by atoms with Gasteiger partial charge in [0.15, 0.2) is 0 Å². The zero-order valence-corrected chi connectivity index (χ0v) is 20.1. The third-order valence-electron chi connectivity index (χ3n) is 6.40. The number of nitrogens with zero attached hydrogens (tertiary/aromatic N) is 1. The average molecular weight is 470 g/mol. The molecule has 0 saturated heterocycles. The summed E-state index contributed by atoms with van der Waals surface area (Å²) in [5, 5.41) is 11.0. The predicted molar refractivity (Wildman–Crippen MR) is 139 cm³/mol. The number of aromatic hydroxyl groups is 1. The number of anilines is 1. The minimum atomic E-state index is -0.507. The van der Waals surface area contributed by atoms with E-state index in [0.29, 0.717) is 11.9 Å². The molecule has 6 nitrogen and oxygen atoms in total. The lowest BCUT2D eigenvalue weighted by atomic mass is 9.90. The molecular formula is C29H31N3O3. The molecule has 2 unspecified atom stereocenters. The highest BCUT2D eigenvalue weighted by atomic mass is 16.3. The van der Waals surface area contributed by atoms with Crippen molar-refractivity contribution in [3.05, 3.63) is 95.7 Å². The predicted octanol–water partition coefficient (Wildman–Crippen LogP) is 4.92. The number of aromatic amines is 1. The van der Waals surface area contributed by atoms with Crippen molar-refractivity contribution in [2.45, 2.75) is 32.2 Å². The quantitative estimate of drug-likeness (QED) is 0.324. The molecule has 0 saturated carbocycles. The van der Waals surface area contributed by atoms with Crippen LogP contribution in [0.5, 0.6) is 5.75 Å². The fourth-order valence-corrected chi connectivity index (χ4v) is 4.60. The SMILES string of the molecule is CC(N)c1[nH]c2c(O)cccc2c1CC(=O)CC(Cc1ccccc1)C(=O)N(C)c1ccccc1. The van der Waals surface area contributed by atoms with E-state index in [1.807, 2.05) is 73.7 Å². The number of benzene rings is 3. The van der Waals surface area contributed by atoms with E-state index in [1.165, 1.54) is 0 Å². The molecule has 0 aliphatic carbocycles. The van der Waals surface area contributed by atoms with Gasteiger partial charge in [-0.15, -0.1) is 0 Å². The number of amides is 1. The van der Waals surface area contributed by atoms with Crippen LogP contribution in [0.4, 0.5) is 5.69 Å². The summed E-state index contributed by atoms with van der Waals surface area (Å²) in [5.41, 5.74) is 10.0. The van der Waals surface area contributed by atoms with Crippen molar-refractivity contribution in [2.75, 3.05) is 11.9 Å². The third-order valence-corrected chi connectivity index (χ3v) is 6.40. The second kappa shape index (κ2) is 10.6. The molecule has 180 valence electrons. The molecule has 4 aromatic rings. The van der Waals surface area contributed by atoms with Gasteiger partial charge < -0.3 is 20.7 Å². The Bertz CT molecular complexity index is 1310. The topological polar surface area (TPSA) is 99.4 Å². The van der Waals surface area contributed by atoms with Crippen molar-refractivity contribution in [3.63, 3.8) is 0 Å². The zero-order chi connectivity index (χ0) is 24.9. The fraction of sp³-hybridized carbons (Fsp3) is 0.241. The summed E-state index contributed by atoms with van der Waals surface area (Å²) in [6.45, 7) is 1.84. The number of carbonyl (C=O) groups excluding carboxylic acids is 2. The van der Waals surface area contributed by atoms with Crippen LogP contribution in [-0.4, -0.2) is 28.8 Å². The molecule has 0 radical (unpaired) electrons. The lowest BCUT2D eigenvalue weighted by Gasteiger charge is -2.24. The van der Waals surface area contributed by atoms with E-state index in [2.05, 4.69) is 4.98 Å². The van der Waals surface area contributed by atoms with E-state index in [-0.39, 0.29) is 36.3 Å². The molecule has 0 fully saturated rings. The minimum Gasteiger partial charge on any atom is -0.506 e. The number of H-pyrrole nitrogens is 1. The Hall–Kier alpha value is -3.90. The molecule has 1 aromatic heterocycles. The van der Waals surface area contributed by atoms with Gasteiger partial charge in [-0.3, -0.25) is 9.59 Å². The van der Waals surface area contributed by atoms with Gasteiger partial charge in [0.25, 0.3) is 0 Å². The number of para-hydroxylation sites is 2. The first-order valence-electron chi connectivity index (χ1n) is 11.8. The highest BCUT2D eigenvalue weighted by Gasteiger charge is 2.27. The summed E-state index contributed by atoms with van der Waals surface area (Å²) in [7, 11) is 1.75. The van der Waals surface area contributed by atoms with Crippen molar-refractivity contribution < 1.29 is 14.7 Å². The first-order valence-corrected chi connectivity index (χ1v) is 11.8. The molecule has 35 heavy (non-hydrogen) atoms. The normalized spacial score (nSPS) is 12.9. The number of ketones is 1. The Morgan fingerprint density at radius 1 is 0.971 bits per heavy atom. The standard InChI is InChI=1S/C29H31N3O3/c1-19(30)27-25(24-14-9-15-26(34)28(24)31-27)18-23(33)17-21(16-20-10-5-3-6-11-20)29(35)32(2)22-12-7-4-8-13-22/h3-15,19,21,31,34H,16-18,30H2,1-2H3. The van der Waals surface area contributed by atoms with Crippen LogP contribution in [-0.2, 0) is 22.4 Å². The Morgan fingerprint density at radius 2 is 1.63 bits per heavy atom. The Labute approximate surface area is 205 Å². The van der Waals surface area contributed by atoms with Crippen LogP contribution in [0.1, 0.15) is 36.2 Å². The number of fused-ring (bicyclic) bond motifs is 1. The lowest BCUT2D eigenvalue weighted by Crippen LogP contribution is -2.35. The number of hydrogen-bond acceptors (Lipinski definition) is 4. The smallest absolute Gasteiger partial charge is 0.230 e. The van der Waals surface area contributed by atoms with Gasteiger partial charge in [-0.05, 0) is 42.7 Å². The number of carbonyl (C=O) groups is 2. The van der Waals surface area contributed by atoms with Crippen molar-refractivity contribution in [1.82, 2.24) is 4.98 Å². The highest BCUT2D eigenvalue weighted by Crippen LogP contribution is 2.32. The summed E-state index contributed by atoms with van der Waals surface area (Å²) >= 11 is 0. The molecular weight excluding hydrogens is 438 g/mol. The van der Waals surface area contributed by atoms with Gasteiger partial charge in [0.1, 0.15) is 11.5 Å². The van der Waals surface area contributed by atoms with Crippen LogP contribution in [0, 0.1) is 5.92 Å². The molecule has 2 atom stereocenters. The largest absolute Gasteiger partial charge is 0.506 e. The number of phenols is 1.